The number of nitrogens with one attached hydrogen (secondary N) is 2. The summed E-state index contributed by atoms with van der Waals surface area (Å²) in [4.78, 5) is 30.6. The number of amides is 1. The lowest BCUT2D eigenvalue weighted by Crippen LogP contribution is -2.38. The molecule has 1 atom stereocenters. The molecule has 0 fully saturated rings. The summed E-state index contributed by atoms with van der Waals surface area (Å²) in [7, 11) is 0. The van der Waals surface area contributed by atoms with Crippen LogP contribution in [0.1, 0.15) is 40.9 Å². The third-order valence-electron chi connectivity index (χ3n) is 5.55. The van der Waals surface area contributed by atoms with Gasteiger partial charge in [-0.3, -0.25) is 10.1 Å². The molecule has 0 saturated carbocycles. The van der Waals surface area contributed by atoms with Gasteiger partial charge in [0.2, 0.25) is 5.95 Å². The number of carbonyl (C=O) groups is 1. The second-order valence-electron chi connectivity index (χ2n) is 7.95. The molecule has 8 heteroatoms. The van der Waals surface area contributed by atoms with E-state index < -0.39 is 6.09 Å². The Bertz CT molecular complexity index is 1200. The summed E-state index contributed by atoms with van der Waals surface area (Å²) in [6.45, 7) is 5.91. The number of anilines is 1. The number of nitrogens with zero attached hydrogens (tertiary/aromatic N) is 2. The molecule has 0 saturated heterocycles. The van der Waals surface area contributed by atoms with E-state index in [1.807, 2.05) is 37.3 Å². The molecule has 0 bridgehead atoms. The van der Waals surface area contributed by atoms with E-state index in [-0.39, 0.29) is 30.0 Å². The van der Waals surface area contributed by atoms with Gasteiger partial charge < -0.3 is 10.1 Å². The minimum atomic E-state index is -0.735. The van der Waals surface area contributed by atoms with Gasteiger partial charge in [-0.15, -0.1) is 0 Å². The van der Waals surface area contributed by atoms with E-state index in [1.165, 1.54) is 4.57 Å². The number of fused-ring (bicyclic) bond motifs is 1. The van der Waals surface area contributed by atoms with Crippen LogP contribution >= 0.6 is 0 Å². The largest absolute Gasteiger partial charge is 0.444 e. The van der Waals surface area contributed by atoms with E-state index in [9.17, 15) is 14.0 Å². The van der Waals surface area contributed by atoms with Crippen molar-refractivity contribution in [3.63, 3.8) is 0 Å². The van der Waals surface area contributed by atoms with Gasteiger partial charge in [0.05, 0.1) is 11.4 Å². The number of hydrogen-bond acceptors (Lipinski definition) is 5. The zero-order valence-electron chi connectivity index (χ0n) is 18.2. The molecule has 166 valence electrons. The van der Waals surface area contributed by atoms with E-state index >= 15 is 0 Å². The second-order valence-corrected chi connectivity index (χ2v) is 7.95. The Kier molecular flexibility index (Phi) is 6.05. The lowest BCUT2D eigenvalue weighted by molar-refractivity contribution is 0.155. The number of ether oxygens (including phenoxy) is 1. The van der Waals surface area contributed by atoms with Crippen LogP contribution in [0.15, 0.2) is 47.3 Å². The van der Waals surface area contributed by atoms with Crippen molar-refractivity contribution in [2.45, 2.75) is 39.8 Å². The molecule has 0 radical (unpaired) electrons. The monoisotopic (exact) mass is 436 g/mol. The molecule has 4 rings (SSSR count). The number of carbonyl (C=O) groups excluding carboxylic acids is 1. The molecule has 1 aromatic heterocycles. The van der Waals surface area contributed by atoms with Crippen LogP contribution in [0.5, 0.6) is 0 Å². The highest BCUT2D eigenvalue weighted by Gasteiger charge is 2.25. The molecular weight excluding hydrogens is 411 g/mol. The maximum atomic E-state index is 14.2. The number of halogens is 1. The third kappa shape index (κ3) is 4.27. The van der Waals surface area contributed by atoms with Crippen LogP contribution < -0.4 is 16.2 Å². The Hall–Kier alpha value is -3.52. The van der Waals surface area contributed by atoms with Crippen LogP contribution in [-0.2, 0) is 17.8 Å². The molecular formula is C24H25FN4O3. The first-order valence-electron chi connectivity index (χ1n) is 10.5. The zero-order chi connectivity index (χ0) is 22.8. The van der Waals surface area contributed by atoms with Crippen LogP contribution in [0.4, 0.5) is 15.1 Å². The molecule has 2 aromatic carbocycles. The number of hydrogen-bond donors (Lipinski definition) is 2. The van der Waals surface area contributed by atoms with Crippen molar-refractivity contribution in [3.05, 3.63) is 86.6 Å². The van der Waals surface area contributed by atoms with Crippen molar-refractivity contribution in [2.75, 3.05) is 11.9 Å². The van der Waals surface area contributed by atoms with Gasteiger partial charge in [-0.25, -0.2) is 18.7 Å². The van der Waals surface area contributed by atoms with Crippen molar-refractivity contribution in [3.8, 4) is 5.69 Å². The van der Waals surface area contributed by atoms with Crippen LogP contribution in [0.25, 0.3) is 5.69 Å². The summed E-state index contributed by atoms with van der Waals surface area (Å²) >= 11 is 0. The summed E-state index contributed by atoms with van der Waals surface area (Å²) < 4.78 is 20.9. The molecule has 0 spiro atoms. The van der Waals surface area contributed by atoms with Crippen LogP contribution in [0.3, 0.4) is 0 Å². The Balaban J connectivity index is 1.74. The van der Waals surface area contributed by atoms with Gasteiger partial charge in [-0.2, -0.15) is 0 Å². The van der Waals surface area contributed by atoms with Crippen molar-refractivity contribution < 1.29 is 13.9 Å². The molecule has 7 nitrogen and oxygen atoms in total. The first-order valence-corrected chi connectivity index (χ1v) is 10.5. The fourth-order valence-corrected chi connectivity index (χ4v) is 3.90. The van der Waals surface area contributed by atoms with E-state index in [0.29, 0.717) is 41.0 Å². The van der Waals surface area contributed by atoms with Gasteiger partial charge in [0, 0.05) is 18.2 Å². The quantitative estimate of drug-likeness (QED) is 0.647. The molecule has 1 aliphatic heterocycles. The fourth-order valence-electron chi connectivity index (χ4n) is 3.90. The topological polar surface area (TPSA) is 85.2 Å². The lowest BCUT2D eigenvalue weighted by Gasteiger charge is -2.25. The minimum Gasteiger partial charge on any atom is -0.444 e. The van der Waals surface area contributed by atoms with Gasteiger partial charge in [0.15, 0.2) is 0 Å². The normalized spacial score (nSPS) is 15.2. The standard InChI is InChI=1S/C24H25FN4O3/c1-14-11-18(12-15(2)20(14)25)29-22(30)19-9-10-26-16(3)21(19)27-23(29)28-24(31)32-13-17-7-5-4-6-8-17/h4-8,11-12,16,26H,9-10,13H2,1-3H3,(H,27,28,31)/t16-/m0/s1. The highest BCUT2D eigenvalue weighted by molar-refractivity contribution is 5.82. The van der Waals surface area contributed by atoms with Crippen molar-refractivity contribution in [2.24, 2.45) is 0 Å². The Labute approximate surface area is 185 Å². The highest BCUT2D eigenvalue weighted by Crippen LogP contribution is 2.24. The van der Waals surface area contributed by atoms with Gasteiger partial charge in [-0.05, 0) is 56.0 Å². The Morgan fingerprint density at radius 2 is 1.94 bits per heavy atom. The van der Waals surface area contributed by atoms with Gasteiger partial charge >= 0.3 is 6.09 Å². The smallest absolute Gasteiger partial charge is 0.414 e. The molecule has 0 aliphatic carbocycles. The first kappa shape index (κ1) is 21.7. The zero-order valence-corrected chi connectivity index (χ0v) is 18.2. The predicted octanol–water partition coefficient (Wildman–Crippen LogP) is 3.94. The van der Waals surface area contributed by atoms with Gasteiger partial charge in [-0.1, -0.05) is 30.3 Å². The van der Waals surface area contributed by atoms with Crippen molar-refractivity contribution in [1.82, 2.24) is 14.9 Å². The molecule has 0 unspecified atom stereocenters. The Morgan fingerprint density at radius 1 is 1.25 bits per heavy atom. The summed E-state index contributed by atoms with van der Waals surface area (Å²) in [6.07, 6.45) is -0.218. The number of rotatable bonds is 4. The minimum absolute atomic E-state index is 0.0350. The molecule has 2 heterocycles. The Morgan fingerprint density at radius 3 is 2.62 bits per heavy atom. The van der Waals surface area contributed by atoms with Crippen LogP contribution in [-0.4, -0.2) is 22.2 Å². The molecule has 3 aromatic rings. The number of benzene rings is 2. The average molecular weight is 436 g/mol. The van der Waals surface area contributed by atoms with Crippen molar-refractivity contribution in [1.29, 1.82) is 0 Å². The maximum Gasteiger partial charge on any atom is 0.414 e. The molecule has 32 heavy (non-hydrogen) atoms. The SMILES string of the molecule is Cc1cc(-n2c(NC(=O)OCc3ccccc3)nc3c(c2=O)CCN[C@H]3C)cc(C)c1F. The van der Waals surface area contributed by atoms with Gasteiger partial charge in [0.1, 0.15) is 12.4 Å². The summed E-state index contributed by atoms with van der Waals surface area (Å²) in [5.41, 5.74) is 2.96. The van der Waals surface area contributed by atoms with Crippen LogP contribution in [0, 0.1) is 19.7 Å². The third-order valence-corrected chi connectivity index (χ3v) is 5.55. The van der Waals surface area contributed by atoms with Crippen molar-refractivity contribution >= 4 is 12.0 Å². The van der Waals surface area contributed by atoms with Crippen LogP contribution in [0.2, 0.25) is 0 Å². The molecule has 1 aliphatic rings. The highest BCUT2D eigenvalue weighted by atomic mass is 19.1. The molecule has 2 N–H and O–H groups in total. The summed E-state index contributed by atoms with van der Waals surface area (Å²) in [5.74, 6) is -0.296. The van der Waals surface area contributed by atoms with E-state index in [1.54, 1.807) is 26.0 Å². The number of aryl methyl sites for hydroxylation is 2. The average Bonchev–Trinajstić information content (AvgIpc) is 2.77. The number of aromatic nitrogens is 2. The van der Waals surface area contributed by atoms with E-state index in [0.717, 1.165) is 5.56 Å². The van der Waals surface area contributed by atoms with E-state index in [4.69, 9.17) is 4.74 Å². The van der Waals surface area contributed by atoms with E-state index in [2.05, 4.69) is 15.6 Å². The summed E-state index contributed by atoms with van der Waals surface area (Å²) in [6, 6.07) is 12.3. The van der Waals surface area contributed by atoms with Gasteiger partial charge in [0.25, 0.3) is 5.56 Å². The predicted molar refractivity (Wildman–Crippen MR) is 120 cm³/mol. The maximum absolute atomic E-state index is 14.2. The first-order chi connectivity index (χ1) is 15.3. The fraction of sp³-hybridized carbons (Fsp3) is 0.292. The second kappa shape index (κ2) is 8.92. The summed E-state index contributed by atoms with van der Waals surface area (Å²) in [5, 5.41) is 5.89. The molecule has 1 amide bonds. The lowest BCUT2D eigenvalue weighted by atomic mass is 10.0.